The first-order valence-corrected chi connectivity index (χ1v) is 13.5. The molecule has 0 bridgehead atoms. The fourth-order valence-corrected chi connectivity index (χ4v) is 4.23. The number of carboxylic acids is 1. The maximum absolute atomic E-state index is 10.7. The lowest BCUT2D eigenvalue weighted by atomic mass is 10.0. The quantitative estimate of drug-likeness (QED) is 0.129. The molecule has 0 heterocycles. The van der Waals surface area contributed by atoms with E-state index in [-0.39, 0.29) is 6.16 Å². The minimum Gasteiger partial charge on any atom is -0.481 e. The molecule has 0 spiro atoms. The predicted molar refractivity (Wildman–Crippen MR) is 117 cm³/mol. The first-order valence-electron chi connectivity index (χ1n) is 11.7. The molecule has 6 heteroatoms. The molecule has 0 fully saturated rings. The van der Waals surface area contributed by atoms with Crippen molar-refractivity contribution in [2.24, 2.45) is 0 Å². The highest BCUT2D eigenvalue weighted by atomic mass is 31.2. The van der Waals surface area contributed by atoms with Gasteiger partial charge in [-0.25, -0.2) is 0 Å². The van der Waals surface area contributed by atoms with E-state index in [1.54, 1.807) is 0 Å². The molecule has 0 aromatic rings. The van der Waals surface area contributed by atoms with Gasteiger partial charge in [-0.15, -0.1) is 0 Å². The zero-order chi connectivity index (χ0) is 20.9. The minimum absolute atomic E-state index is 0.0433. The molecule has 0 radical (unpaired) electrons. The Kier molecular flexibility index (Phi) is 19.6. The van der Waals surface area contributed by atoms with Gasteiger partial charge in [-0.3, -0.25) is 9.36 Å². The van der Waals surface area contributed by atoms with Crippen molar-refractivity contribution in [2.45, 2.75) is 128 Å². The summed E-state index contributed by atoms with van der Waals surface area (Å²) in [5, 5.41) is 8.57. The molecule has 0 aliphatic rings. The van der Waals surface area contributed by atoms with Crippen LogP contribution in [0.3, 0.4) is 0 Å². The lowest BCUT2D eigenvalue weighted by Crippen LogP contribution is -1.93. The average molecular weight is 421 g/mol. The van der Waals surface area contributed by atoms with Gasteiger partial charge in [-0.1, -0.05) is 109 Å². The minimum atomic E-state index is -3.78. The standard InChI is InChI=1S/C22H45O5P/c23-22(24)20-18-16-14-12-10-8-6-4-2-1-3-5-7-9-11-13-15-17-19-21-28(25,26)27/h1-21H2,(H,23,24)(H2,25,26,27). The van der Waals surface area contributed by atoms with E-state index in [0.29, 0.717) is 12.8 Å². The van der Waals surface area contributed by atoms with Crippen molar-refractivity contribution >= 4 is 13.6 Å². The summed E-state index contributed by atoms with van der Waals surface area (Å²) in [4.78, 5) is 28.0. The van der Waals surface area contributed by atoms with Crippen LogP contribution in [0, 0.1) is 0 Å². The Labute approximate surface area is 172 Å². The van der Waals surface area contributed by atoms with Gasteiger partial charge in [0.1, 0.15) is 0 Å². The van der Waals surface area contributed by atoms with Gasteiger partial charge in [0, 0.05) is 12.6 Å². The van der Waals surface area contributed by atoms with Gasteiger partial charge < -0.3 is 14.9 Å². The smallest absolute Gasteiger partial charge is 0.325 e. The Hall–Kier alpha value is -0.380. The van der Waals surface area contributed by atoms with E-state index in [1.165, 1.54) is 89.9 Å². The van der Waals surface area contributed by atoms with Gasteiger partial charge in [-0.05, 0) is 12.8 Å². The molecule has 0 aromatic heterocycles. The summed E-state index contributed by atoms with van der Waals surface area (Å²) in [5.41, 5.74) is 0. The van der Waals surface area contributed by atoms with E-state index in [4.69, 9.17) is 14.9 Å². The largest absolute Gasteiger partial charge is 0.481 e. The molecule has 168 valence electrons. The third-order valence-electron chi connectivity index (χ3n) is 5.34. The van der Waals surface area contributed by atoms with Crippen LogP contribution in [0.25, 0.3) is 0 Å². The van der Waals surface area contributed by atoms with E-state index in [9.17, 15) is 9.36 Å². The van der Waals surface area contributed by atoms with E-state index in [2.05, 4.69) is 0 Å². The lowest BCUT2D eigenvalue weighted by molar-refractivity contribution is -0.137. The molecule has 0 saturated heterocycles. The zero-order valence-electron chi connectivity index (χ0n) is 18.0. The number of hydrogen-bond donors (Lipinski definition) is 3. The van der Waals surface area contributed by atoms with Crippen LogP contribution in [0.2, 0.25) is 0 Å². The highest BCUT2D eigenvalue weighted by Gasteiger charge is 2.10. The van der Waals surface area contributed by atoms with Crippen LogP contribution in [-0.2, 0) is 9.36 Å². The number of carboxylic acid groups (broad SMARTS) is 1. The Bertz CT molecular complexity index is 394. The van der Waals surface area contributed by atoms with Crippen molar-refractivity contribution in [3.8, 4) is 0 Å². The molecular weight excluding hydrogens is 375 g/mol. The summed E-state index contributed by atoms with van der Waals surface area (Å²) >= 11 is 0. The van der Waals surface area contributed by atoms with E-state index < -0.39 is 13.6 Å². The Morgan fingerprint density at radius 1 is 0.500 bits per heavy atom. The van der Waals surface area contributed by atoms with Gasteiger partial charge in [-0.2, -0.15) is 0 Å². The third-order valence-corrected chi connectivity index (χ3v) is 6.24. The van der Waals surface area contributed by atoms with Crippen LogP contribution in [0.1, 0.15) is 128 Å². The van der Waals surface area contributed by atoms with Crippen molar-refractivity contribution in [3.63, 3.8) is 0 Å². The summed E-state index contributed by atoms with van der Waals surface area (Å²) in [6, 6.07) is 0. The van der Waals surface area contributed by atoms with Gasteiger partial charge in [0.2, 0.25) is 0 Å². The molecule has 0 aliphatic heterocycles. The van der Waals surface area contributed by atoms with Gasteiger partial charge in [0.05, 0.1) is 0 Å². The van der Waals surface area contributed by atoms with Crippen LogP contribution in [-0.4, -0.2) is 27.0 Å². The van der Waals surface area contributed by atoms with E-state index in [1.807, 2.05) is 0 Å². The lowest BCUT2D eigenvalue weighted by Gasteiger charge is -2.04. The van der Waals surface area contributed by atoms with Gasteiger partial charge >= 0.3 is 13.6 Å². The fraction of sp³-hybridized carbons (Fsp3) is 0.955. The van der Waals surface area contributed by atoms with E-state index in [0.717, 1.165) is 25.7 Å². The number of unbranched alkanes of at least 4 members (excludes halogenated alkanes) is 18. The summed E-state index contributed by atoms with van der Waals surface area (Å²) in [5.74, 6) is -0.673. The molecule has 0 amide bonds. The Balaban J connectivity index is 3.05. The van der Waals surface area contributed by atoms with Gasteiger partial charge in [0.25, 0.3) is 0 Å². The van der Waals surface area contributed by atoms with Crippen LogP contribution in [0.4, 0.5) is 0 Å². The highest BCUT2D eigenvalue weighted by Crippen LogP contribution is 2.35. The molecule has 5 nitrogen and oxygen atoms in total. The normalized spacial score (nSPS) is 11.8. The first-order chi connectivity index (χ1) is 13.4. The molecule has 0 aromatic carbocycles. The topological polar surface area (TPSA) is 94.8 Å². The monoisotopic (exact) mass is 420 g/mol. The van der Waals surface area contributed by atoms with Crippen molar-refractivity contribution in [3.05, 3.63) is 0 Å². The number of aliphatic carboxylic acids is 1. The summed E-state index contributed by atoms with van der Waals surface area (Å²) in [6.45, 7) is 0. The summed E-state index contributed by atoms with van der Waals surface area (Å²) in [7, 11) is -3.78. The molecule has 0 rings (SSSR count). The molecule has 0 atom stereocenters. The predicted octanol–water partition coefficient (Wildman–Crippen LogP) is 7.05. The van der Waals surface area contributed by atoms with Crippen molar-refractivity contribution < 1.29 is 24.3 Å². The number of hydrogen-bond acceptors (Lipinski definition) is 2. The Morgan fingerprint density at radius 2 is 0.750 bits per heavy atom. The van der Waals surface area contributed by atoms with Crippen LogP contribution in [0.15, 0.2) is 0 Å². The van der Waals surface area contributed by atoms with Crippen molar-refractivity contribution in [1.82, 2.24) is 0 Å². The maximum Gasteiger partial charge on any atom is 0.325 e. The van der Waals surface area contributed by atoms with Crippen LogP contribution >= 0.6 is 7.60 Å². The second-order valence-corrected chi connectivity index (χ2v) is 10.0. The van der Waals surface area contributed by atoms with Gasteiger partial charge in [0.15, 0.2) is 0 Å². The molecule has 0 aliphatic carbocycles. The molecule has 0 unspecified atom stereocenters. The zero-order valence-corrected chi connectivity index (χ0v) is 18.8. The van der Waals surface area contributed by atoms with E-state index >= 15 is 0 Å². The first kappa shape index (κ1) is 27.6. The highest BCUT2D eigenvalue weighted by molar-refractivity contribution is 7.51. The SMILES string of the molecule is O=C(O)CCCCCCCCCCCCCCCCCCCCCP(=O)(O)O. The average Bonchev–Trinajstić information content (AvgIpc) is 2.61. The number of rotatable bonds is 22. The summed E-state index contributed by atoms with van der Waals surface area (Å²) in [6.07, 6.45) is 23.2. The second kappa shape index (κ2) is 19.9. The van der Waals surface area contributed by atoms with Crippen molar-refractivity contribution in [1.29, 1.82) is 0 Å². The second-order valence-electron chi connectivity index (χ2n) is 8.25. The fourth-order valence-electron chi connectivity index (χ4n) is 3.60. The third kappa shape index (κ3) is 25.6. The number of carbonyl (C=O) groups is 1. The van der Waals surface area contributed by atoms with Crippen LogP contribution < -0.4 is 0 Å². The molecule has 0 saturated carbocycles. The summed E-state index contributed by atoms with van der Waals surface area (Å²) < 4.78 is 10.7. The van der Waals surface area contributed by atoms with Crippen molar-refractivity contribution in [2.75, 3.05) is 6.16 Å². The maximum atomic E-state index is 10.7. The molecule has 3 N–H and O–H groups in total. The molecule has 28 heavy (non-hydrogen) atoms. The van der Waals surface area contributed by atoms with Crippen LogP contribution in [0.5, 0.6) is 0 Å². The molecular formula is C22H45O5P. The Morgan fingerprint density at radius 3 is 1.00 bits per heavy atom.